The number of nitrogens with two attached hydrogens (primary N) is 1. The number of hydrogen-bond acceptors (Lipinski definition) is 9. The predicted octanol–water partition coefficient (Wildman–Crippen LogP) is -4.03. The number of ether oxygens (including phenoxy) is 1. The molecule has 1 unspecified atom stereocenters. The lowest BCUT2D eigenvalue weighted by Crippen LogP contribution is -2.50. The van der Waals surface area contributed by atoms with Crippen LogP contribution in [0.25, 0.3) is 0 Å². The first-order chi connectivity index (χ1) is 9.20. The Kier molecular flexibility index (Phi) is 7.87. The Balaban J connectivity index is 4.21. The van der Waals surface area contributed by atoms with Crippen molar-refractivity contribution in [3.63, 3.8) is 0 Å². The van der Waals surface area contributed by atoms with Gasteiger partial charge in [0.2, 0.25) is 0 Å². The number of carboxylic acids is 1. The Morgan fingerprint density at radius 2 is 1.70 bits per heavy atom. The van der Waals surface area contributed by atoms with Crippen LogP contribution in [-0.2, 0) is 19.1 Å². The fourth-order valence-electron chi connectivity index (χ4n) is 1.12. The molecule has 0 aromatic rings. The molecule has 0 fully saturated rings. The molecule has 0 rings (SSSR count). The van der Waals surface area contributed by atoms with E-state index in [1.165, 1.54) is 0 Å². The Bertz CT molecular complexity index is 348. The molecule has 0 saturated heterocycles. The van der Waals surface area contributed by atoms with Crippen molar-refractivity contribution in [1.82, 2.24) is 0 Å². The summed E-state index contributed by atoms with van der Waals surface area (Å²) >= 11 is 0. The third kappa shape index (κ3) is 6.04. The fraction of sp³-hybridized carbons (Fsp3) is 0.700. The molecule has 5 atom stereocenters. The maximum absolute atomic E-state index is 11.1. The van der Waals surface area contributed by atoms with E-state index in [-0.39, 0.29) is 6.29 Å². The van der Waals surface area contributed by atoms with Gasteiger partial charge in [-0.05, 0) is 0 Å². The maximum atomic E-state index is 11.1. The first-order valence-corrected chi connectivity index (χ1v) is 5.52. The molecule has 116 valence electrons. The van der Waals surface area contributed by atoms with Gasteiger partial charge >= 0.3 is 11.9 Å². The van der Waals surface area contributed by atoms with Crippen molar-refractivity contribution in [1.29, 1.82) is 0 Å². The van der Waals surface area contributed by atoms with E-state index in [0.29, 0.717) is 0 Å². The Hall–Kier alpha value is -1.59. The van der Waals surface area contributed by atoms with Crippen LogP contribution in [-0.4, -0.2) is 80.8 Å². The number of esters is 1. The normalized spacial score (nSPS) is 18.4. The van der Waals surface area contributed by atoms with Gasteiger partial charge in [-0.3, -0.25) is 4.79 Å². The third-order valence-electron chi connectivity index (χ3n) is 2.36. The average molecular weight is 295 g/mol. The van der Waals surface area contributed by atoms with Crippen molar-refractivity contribution >= 4 is 18.2 Å². The second kappa shape index (κ2) is 8.55. The van der Waals surface area contributed by atoms with Crippen LogP contribution < -0.4 is 5.73 Å². The average Bonchev–Trinajstić information content (AvgIpc) is 2.41. The zero-order chi connectivity index (χ0) is 15.9. The standard InChI is InChI=1S/C10H17NO9/c11-4(2-12)8(16)9(17)6(14)3-20-7(15)1-5(13)10(18)19/h2,4-6,8-9,13-14,16-17H,1,3,11H2,(H,18,19)/t4-,5?,6+,8+,9+/m0/s1. The Morgan fingerprint density at radius 3 is 2.15 bits per heavy atom. The van der Waals surface area contributed by atoms with E-state index >= 15 is 0 Å². The molecule has 0 bridgehead atoms. The lowest BCUT2D eigenvalue weighted by Gasteiger charge is -2.24. The second-order valence-electron chi connectivity index (χ2n) is 4.00. The van der Waals surface area contributed by atoms with Crippen LogP contribution in [0.2, 0.25) is 0 Å². The molecule has 10 nitrogen and oxygen atoms in total. The molecule has 0 aliphatic heterocycles. The van der Waals surface area contributed by atoms with Crippen LogP contribution in [0, 0.1) is 0 Å². The highest BCUT2D eigenvalue weighted by Gasteiger charge is 2.30. The number of carbonyl (C=O) groups excluding carboxylic acids is 2. The van der Waals surface area contributed by atoms with E-state index in [9.17, 15) is 29.7 Å². The summed E-state index contributed by atoms with van der Waals surface area (Å²) in [6.45, 7) is -0.769. The minimum atomic E-state index is -1.95. The molecular formula is C10H17NO9. The molecule has 0 aromatic carbocycles. The third-order valence-corrected chi connectivity index (χ3v) is 2.36. The first kappa shape index (κ1) is 18.4. The molecule has 0 aliphatic rings. The number of carbonyl (C=O) groups is 3. The van der Waals surface area contributed by atoms with Gasteiger partial charge in [-0.1, -0.05) is 0 Å². The quantitative estimate of drug-likeness (QED) is 0.180. The summed E-state index contributed by atoms with van der Waals surface area (Å²) in [7, 11) is 0. The summed E-state index contributed by atoms with van der Waals surface area (Å²) in [5, 5.41) is 45.3. The minimum absolute atomic E-state index is 0.163. The topological polar surface area (TPSA) is 188 Å². The highest BCUT2D eigenvalue weighted by Crippen LogP contribution is 2.04. The highest BCUT2D eigenvalue weighted by atomic mass is 16.5. The maximum Gasteiger partial charge on any atom is 0.333 e. The molecule has 0 spiro atoms. The van der Waals surface area contributed by atoms with Crippen LogP contribution in [0.15, 0.2) is 0 Å². The van der Waals surface area contributed by atoms with Gasteiger partial charge in [-0.25, -0.2) is 4.79 Å². The van der Waals surface area contributed by atoms with Crippen LogP contribution in [0.3, 0.4) is 0 Å². The second-order valence-corrected chi connectivity index (χ2v) is 4.00. The number of carboxylic acid groups (broad SMARTS) is 1. The fourth-order valence-corrected chi connectivity index (χ4v) is 1.12. The number of hydrogen-bond donors (Lipinski definition) is 6. The molecule has 0 radical (unpaired) electrons. The van der Waals surface area contributed by atoms with Crippen molar-refractivity contribution in [3.8, 4) is 0 Å². The Labute approximate surface area is 113 Å². The SMILES string of the molecule is N[C@@H](C=O)[C@@H](O)[C@H](O)[C@H](O)COC(=O)CC(O)C(=O)O. The van der Waals surface area contributed by atoms with Gasteiger partial charge in [0.05, 0.1) is 12.5 Å². The summed E-state index contributed by atoms with van der Waals surface area (Å²) in [4.78, 5) is 31.6. The van der Waals surface area contributed by atoms with E-state index in [1.54, 1.807) is 0 Å². The number of aliphatic hydroxyl groups is 4. The van der Waals surface area contributed by atoms with Gasteiger partial charge < -0.3 is 40.8 Å². The molecule has 20 heavy (non-hydrogen) atoms. The number of aliphatic hydroxyl groups excluding tert-OH is 4. The highest BCUT2D eigenvalue weighted by molar-refractivity contribution is 5.80. The van der Waals surface area contributed by atoms with E-state index in [2.05, 4.69) is 4.74 Å². The van der Waals surface area contributed by atoms with Crippen molar-refractivity contribution in [2.75, 3.05) is 6.61 Å². The predicted molar refractivity (Wildman–Crippen MR) is 61.3 cm³/mol. The van der Waals surface area contributed by atoms with E-state index in [4.69, 9.17) is 15.9 Å². The number of aliphatic carboxylic acids is 1. The molecule has 0 aromatic heterocycles. The summed E-state index contributed by atoms with van der Waals surface area (Å²) in [6.07, 6.45) is -7.96. The van der Waals surface area contributed by atoms with Crippen LogP contribution in [0.1, 0.15) is 6.42 Å². The van der Waals surface area contributed by atoms with Gasteiger partial charge in [0.15, 0.2) is 6.10 Å². The smallest absolute Gasteiger partial charge is 0.333 e. The van der Waals surface area contributed by atoms with Crippen molar-refractivity contribution in [2.45, 2.75) is 36.9 Å². The first-order valence-electron chi connectivity index (χ1n) is 5.52. The van der Waals surface area contributed by atoms with E-state index in [1.807, 2.05) is 0 Å². The summed E-state index contributed by atoms with van der Waals surface area (Å²) in [5.41, 5.74) is 5.12. The number of rotatable bonds is 9. The molecule has 0 amide bonds. The summed E-state index contributed by atoms with van der Waals surface area (Å²) < 4.78 is 4.40. The molecule has 10 heteroatoms. The number of aldehydes is 1. The molecule has 0 aliphatic carbocycles. The van der Waals surface area contributed by atoms with Gasteiger partial charge in [0.25, 0.3) is 0 Å². The summed E-state index contributed by atoms with van der Waals surface area (Å²) in [5.74, 6) is -2.74. The Morgan fingerprint density at radius 1 is 1.15 bits per heavy atom. The van der Waals surface area contributed by atoms with E-state index < -0.39 is 55.4 Å². The minimum Gasteiger partial charge on any atom is -0.479 e. The van der Waals surface area contributed by atoms with E-state index in [0.717, 1.165) is 0 Å². The molecule has 7 N–H and O–H groups in total. The lowest BCUT2D eigenvalue weighted by molar-refractivity contribution is -0.160. The largest absolute Gasteiger partial charge is 0.479 e. The van der Waals surface area contributed by atoms with Gasteiger partial charge in [-0.15, -0.1) is 0 Å². The monoisotopic (exact) mass is 295 g/mol. The summed E-state index contributed by atoms with van der Waals surface area (Å²) in [6, 6.07) is -1.43. The van der Waals surface area contributed by atoms with Crippen molar-refractivity contribution in [2.24, 2.45) is 5.73 Å². The zero-order valence-corrected chi connectivity index (χ0v) is 10.3. The zero-order valence-electron chi connectivity index (χ0n) is 10.3. The van der Waals surface area contributed by atoms with Crippen molar-refractivity contribution in [3.05, 3.63) is 0 Å². The van der Waals surface area contributed by atoms with Crippen LogP contribution >= 0.6 is 0 Å². The molecular weight excluding hydrogens is 278 g/mol. The van der Waals surface area contributed by atoms with Gasteiger partial charge in [0, 0.05) is 0 Å². The lowest BCUT2D eigenvalue weighted by atomic mass is 10.0. The van der Waals surface area contributed by atoms with Crippen LogP contribution in [0.4, 0.5) is 0 Å². The van der Waals surface area contributed by atoms with Crippen LogP contribution in [0.5, 0.6) is 0 Å². The molecule has 0 heterocycles. The van der Waals surface area contributed by atoms with Gasteiger partial charge in [0.1, 0.15) is 31.2 Å². The van der Waals surface area contributed by atoms with Gasteiger partial charge in [-0.2, -0.15) is 0 Å². The van der Waals surface area contributed by atoms with Crippen molar-refractivity contribution < 1.29 is 44.7 Å². The molecule has 0 saturated carbocycles.